The van der Waals surface area contributed by atoms with Crippen LogP contribution in [0.3, 0.4) is 0 Å². The molecule has 28 heavy (non-hydrogen) atoms. The first-order valence-electron chi connectivity index (χ1n) is 9.23. The van der Waals surface area contributed by atoms with Crippen molar-refractivity contribution < 1.29 is 4.39 Å². The molecule has 2 aromatic rings. The predicted octanol–water partition coefficient (Wildman–Crippen LogP) is 3.87. The molecule has 8 heteroatoms. The van der Waals surface area contributed by atoms with Gasteiger partial charge in [-0.1, -0.05) is 23.7 Å². The van der Waals surface area contributed by atoms with Crippen molar-refractivity contribution >= 4 is 47.4 Å². The van der Waals surface area contributed by atoms with Crippen molar-refractivity contribution in [1.82, 2.24) is 15.6 Å². The normalized spacial score (nSPS) is 15.1. The van der Waals surface area contributed by atoms with Gasteiger partial charge in [0, 0.05) is 43.9 Å². The summed E-state index contributed by atoms with van der Waals surface area (Å²) in [6.07, 6.45) is 4.60. The monoisotopic (exact) mass is 517 g/mol. The number of pyridine rings is 1. The molecule has 0 aliphatic carbocycles. The van der Waals surface area contributed by atoms with Crippen molar-refractivity contribution in [1.29, 1.82) is 0 Å². The second-order valence-corrected chi connectivity index (χ2v) is 6.99. The fourth-order valence-electron chi connectivity index (χ4n) is 3.22. The van der Waals surface area contributed by atoms with E-state index in [1.807, 2.05) is 18.3 Å². The summed E-state index contributed by atoms with van der Waals surface area (Å²) in [6, 6.07) is 10.9. The summed E-state index contributed by atoms with van der Waals surface area (Å²) in [5.41, 5.74) is 0.921. The number of hydrogen-bond acceptors (Lipinski definition) is 3. The molecule has 0 atom stereocenters. The molecule has 1 aromatic carbocycles. The summed E-state index contributed by atoms with van der Waals surface area (Å²) in [7, 11) is 1.77. The van der Waals surface area contributed by atoms with Gasteiger partial charge in [0.25, 0.3) is 0 Å². The van der Waals surface area contributed by atoms with E-state index in [0.717, 1.165) is 43.3 Å². The van der Waals surface area contributed by atoms with Gasteiger partial charge in [-0.15, -0.1) is 24.0 Å². The number of nitrogens with one attached hydrogen (secondary N) is 2. The van der Waals surface area contributed by atoms with Crippen LogP contribution in [0.5, 0.6) is 0 Å². The molecule has 1 aliphatic rings. The Morgan fingerprint density at radius 3 is 2.71 bits per heavy atom. The molecule has 1 aromatic heterocycles. The second-order valence-electron chi connectivity index (χ2n) is 6.58. The van der Waals surface area contributed by atoms with Crippen molar-refractivity contribution in [3.63, 3.8) is 0 Å². The molecule has 2 N–H and O–H groups in total. The molecule has 0 saturated carbocycles. The van der Waals surface area contributed by atoms with E-state index in [9.17, 15) is 4.39 Å². The molecule has 0 bridgehead atoms. The average molecular weight is 518 g/mol. The number of anilines is 1. The Bertz CT molecular complexity index is 766. The molecular formula is C20H26ClFIN5. The molecule has 1 aliphatic heterocycles. The van der Waals surface area contributed by atoms with E-state index in [1.165, 1.54) is 12.1 Å². The number of rotatable bonds is 5. The molecular weight excluding hydrogens is 492 g/mol. The number of hydrogen-bond donors (Lipinski definition) is 2. The molecule has 5 nitrogen and oxygen atoms in total. The first-order chi connectivity index (χ1) is 13.2. The number of halogens is 3. The highest BCUT2D eigenvalue weighted by Crippen LogP contribution is 2.18. The molecule has 1 saturated heterocycles. The molecule has 152 valence electrons. The molecule has 0 spiro atoms. The third-order valence-electron chi connectivity index (χ3n) is 4.73. The van der Waals surface area contributed by atoms with Crippen LogP contribution in [-0.4, -0.2) is 43.7 Å². The number of benzene rings is 1. The second kappa shape index (κ2) is 11.4. The van der Waals surface area contributed by atoms with E-state index in [0.29, 0.717) is 24.0 Å². The number of aliphatic imine (C=N–C) groups is 1. The predicted molar refractivity (Wildman–Crippen MR) is 124 cm³/mol. The SMILES string of the molecule is CN=C(NCCc1ccc(F)cc1Cl)NC1CCN(c2ccccn2)CC1.I. The Balaban J connectivity index is 0.00000280. The minimum Gasteiger partial charge on any atom is -0.356 e. The maximum atomic E-state index is 13.1. The number of nitrogens with zero attached hydrogens (tertiary/aromatic N) is 3. The fourth-order valence-corrected chi connectivity index (χ4v) is 3.48. The van der Waals surface area contributed by atoms with E-state index < -0.39 is 0 Å². The van der Waals surface area contributed by atoms with Gasteiger partial charge in [0.15, 0.2) is 5.96 Å². The summed E-state index contributed by atoms with van der Waals surface area (Å²) in [5, 5.41) is 7.26. The molecule has 1 fully saturated rings. The quantitative estimate of drug-likeness (QED) is 0.359. The topological polar surface area (TPSA) is 52.6 Å². The Kier molecular flexibility index (Phi) is 9.24. The minimum atomic E-state index is -0.314. The van der Waals surface area contributed by atoms with Crippen molar-refractivity contribution in [2.24, 2.45) is 4.99 Å². The minimum absolute atomic E-state index is 0. The average Bonchev–Trinajstić information content (AvgIpc) is 2.70. The lowest BCUT2D eigenvalue weighted by Crippen LogP contribution is -2.49. The van der Waals surface area contributed by atoms with Crippen LogP contribution in [0.1, 0.15) is 18.4 Å². The first-order valence-corrected chi connectivity index (χ1v) is 9.60. The van der Waals surface area contributed by atoms with Crippen molar-refractivity contribution in [3.8, 4) is 0 Å². The van der Waals surface area contributed by atoms with Gasteiger partial charge in [-0.2, -0.15) is 0 Å². The third-order valence-corrected chi connectivity index (χ3v) is 5.09. The maximum absolute atomic E-state index is 13.1. The Hall–Kier alpha value is -1.61. The lowest BCUT2D eigenvalue weighted by molar-refractivity contribution is 0.459. The molecule has 0 radical (unpaired) electrons. The van der Waals surface area contributed by atoms with Crippen LogP contribution >= 0.6 is 35.6 Å². The largest absolute Gasteiger partial charge is 0.356 e. The zero-order valence-corrected chi connectivity index (χ0v) is 19.0. The molecule has 3 rings (SSSR count). The van der Waals surface area contributed by atoms with Crippen LogP contribution < -0.4 is 15.5 Å². The highest BCUT2D eigenvalue weighted by atomic mass is 127. The van der Waals surface area contributed by atoms with Crippen molar-refractivity contribution in [3.05, 3.63) is 59.0 Å². The Morgan fingerprint density at radius 2 is 2.07 bits per heavy atom. The third kappa shape index (κ3) is 6.48. The van der Waals surface area contributed by atoms with Gasteiger partial charge in [0.05, 0.1) is 0 Å². The van der Waals surface area contributed by atoms with Crippen LogP contribution in [0.2, 0.25) is 5.02 Å². The Morgan fingerprint density at radius 1 is 1.29 bits per heavy atom. The zero-order chi connectivity index (χ0) is 19.1. The molecule has 0 unspecified atom stereocenters. The first kappa shape index (κ1) is 22.7. The van der Waals surface area contributed by atoms with Gasteiger partial charge in [0.2, 0.25) is 0 Å². The standard InChI is InChI=1S/C20H25ClFN5.HI/c1-23-20(25-11-7-15-5-6-16(22)14-18(15)21)26-17-8-12-27(13-9-17)19-4-2-3-10-24-19;/h2-6,10,14,17H,7-9,11-13H2,1H3,(H2,23,25,26);1H. The van der Waals surface area contributed by atoms with Gasteiger partial charge in [-0.25, -0.2) is 9.37 Å². The van der Waals surface area contributed by atoms with Crippen molar-refractivity contribution in [2.45, 2.75) is 25.3 Å². The summed E-state index contributed by atoms with van der Waals surface area (Å²) in [5.74, 6) is 1.50. The van der Waals surface area contributed by atoms with Crippen LogP contribution in [-0.2, 0) is 6.42 Å². The van der Waals surface area contributed by atoms with E-state index in [-0.39, 0.29) is 29.8 Å². The van der Waals surface area contributed by atoms with Crippen LogP contribution in [0.4, 0.5) is 10.2 Å². The summed E-state index contributed by atoms with van der Waals surface area (Å²) < 4.78 is 13.1. The van der Waals surface area contributed by atoms with Gasteiger partial charge >= 0.3 is 0 Å². The highest BCUT2D eigenvalue weighted by Gasteiger charge is 2.20. The molecule has 2 heterocycles. The lowest BCUT2D eigenvalue weighted by Gasteiger charge is -2.33. The van der Waals surface area contributed by atoms with E-state index in [4.69, 9.17) is 11.6 Å². The van der Waals surface area contributed by atoms with E-state index in [2.05, 4.69) is 31.6 Å². The van der Waals surface area contributed by atoms with E-state index in [1.54, 1.807) is 13.1 Å². The van der Waals surface area contributed by atoms with Crippen LogP contribution in [0.15, 0.2) is 47.6 Å². The van der Waals surface area contributed by atoms with Gasteiger partial charge in [-0.05, 0) is 49.1 Å². The maximum Gasteiger partial charge on any atom is 0.191 e. The van der Waals surface area contributed by atoms with E-state index >= 15 is 0 Å². The van der Waals surface area contributed by atoms with Gasteiger partial charge in [-0.3, -0.25) is 4.99 Å². The van der Waals surface area contributed by atoms with Gasteiger partial charge < -0.3 is 15.5 Å². The highest BCUT2D eigenvalue weighted by molar-refractivity contribution is 14.0. The summed E-state index contributed by atoms with van der Waals surface area (Å²) in [4.78, 5) is 11.0. The Labute approximate surface area is 187 Å². The van der Waals surface area contributed by atoms with Gasteiger partial charge in [0.1, 0.15) is 11.6 Å². The summed E-state index contributed by atoms with van der Waals surface area (Å²) in [6.45, 7) is 2.62. The lowest BCUT2D eigenvalue weighted by atomic mass is 10.1. The zero-order valence-electron chi connectivity index (χ0n) is 15.9. The smallest absolute Gasteiger partial charge is 0.191 e. The summed E-state index contributed by atoms with van der Waals surface area (Å²) >= 11 is 6.08. The molecule has 0 amide bonds. The number of guanidine groups is 1. The fraction of sp³-hybridized carbons (Fsp3) is 0.400. The number of piperidine rings is 1. The van der Waals surface area contributed by atoms with Crippen molar-refractivity contribution in [2.75, 3.05) is 31.6 Å². The number of aromatic nitrogens is 1. The van der Waals surface area contributed by atoms with Crippen LogP contribution in [0, 0.1) is 5.82 Å². The van der Waals surface area contributed by atoms with Crippen LogP contribution in [0.25, 0.3) is 0 Å².